The molecule has 16 heavy (non-hydrogen) atoms. The minimum atomic E-state index is 0.0743. The number of nitriles is 1. The third-order valence-corrected chi connectivity index (χ3v) is 3.21. The van der Waals surface area contributed by atoms with Gasteiger partial charge in [-0.1, -0.05) is 19.1 Å². The van der Waals surface area contributed by atoms with Crippen LogP contribution < -0.4 is 4.74 Å². The van der Waals surface area contributed by atoms with Crippen LogP contribution >= 0.6 is 0 Å². The maximum atomic E-state index is 8.99. The molecule has 0 heterocycles. The van der Waals surface area contributed by atoms with Crippen molar-refractivity contribution < 1.29 is 4.74 Å². The zero-order valence-electron chi connectivity index (χ0n) is 9.65. The van der Waals surface area contributed by atoms with Gasteiger partial charge < -0.3 is 4.74 Å². The summed E-state index contributed by atoms with van der Waals surface area (Å²) in [7, 11) is 0. The van der Waals surface area contributed by atoms with Crippen molar-refractivity contribution in [2.75, 3.05) is 0 Å². The van der Waals surface area contributed by atoms with Gasteiger partial charge in [0.05, 0.1) is 12.0 Å². The number of benzene rings is 1. The van der Waals surface area contributed by atoms with Gasteiger partial charge in [-0.2, -0.15) is 5.26 Å². The maximum Gasteiger partial charge on any atom is 0.120 e. The molecular weight excluding hydrogens is 198 g/mol. The minimum Gasteiger partial charge on any atom is -0.489 e. The highest BCUT2D eigenvalue weighted by Crippen LogP contribution is 2.29. The molecule has 0 aromatic heterocycles. The third-order valence-electron chi connectivity index (χ3n) is 3.21. The highest BCUT2D eigenvalue weighted by molar-refractivity contribution is 5.28. The summed E-state index contributed by atoms with van der Waals surface area (Å²) in [5.41, 5.74) is 1.28. The van der Waals surface area contributed by atoms with Crippen molar-refractivity contribution in [3.8, 4) is 11.8 Å². The molecular formula is C14H17NO. The number of hydrogen-bond acceptors (Lipinski definition) is 2. The summed E-state index contributed by atoms with van der Waals surface area (Å²) in [4.78, 5) is 0. The van der Waals surface area contributed by atoms with E-state index in [1.807, 2.05) is 12.1 Å². The summed E-state index contributed by atoms with van der Waals surface area (Å²) in [5, 5.41) is 8.99. The molecule has 0 amide bonds. The first-order valence-electron chi connectivity index (χ1n) is 5.98. The fraction of sp³-hybridized carbons (Fsp3) is 0.500. The van der Waals surface area contributed by atoms with Crippen LogP contribution in [0, 0.1) is 17.2 Å². The lowest BCUT2D eigenvalue weighted by Crippen LogP contribution is -2.20. The molecule has 1 aromatic carbocycles. The van der Waals surface area contributed by atoms with Crippen LogP contribution in [0.25, 0.3) is 0 Å². The van der Waals surface area contributed by atoms with E-state index < -0.39 is 0 Å². The van der Waals surface area contributed by atoms with Crippen molar-refractivity contribution in [2.45, 2.75) is 38.7 Å². The Hall–Kier alpha value is -1.49. The smallest absolute Gasteiger partial charge is 0.120 e. The van der Waals surface area contributed by atoms with Gasteiger partial charge in [-0.05, 0) is 43.4 Å². The van der Waals surface area contributed by atoms with Crippen LogP contribution in [0.5, 0.6) is 5.75 Å². The molecule has 0 radical (unpaired) electrons. The highest BCUT2D eigenvalue weighted by Gasteiger charge is 2.28. The Morgan fingerprint density at radius 1 is 1.44 bits per heavy atom. The molecule has 0 saturated heterocycles. The van der Waals surface area contributed by atoms with E-state index in [1.54, 1.807) is 0 Å². The molecule has 2 unspecified atom stereocenters. The first-order chi connectivity index (χ1) is 7.83. The monoisotopic (exact) mass is 215 g/mol. The van der Waals surface area contributed by atoms with Crippen molar-refractivity contribution in [1.82, 2.24) is 0 Å². The Balaban J connectivity index is 2.06. The summed E-state index contributed by atoms with van der Waals surface area (Å²) in [5.74, 6) is 0.983. The standard InChI is InChI=1S/C14H17NO/c1-2-11-5-3-7-13(9-11)16-14-8-4-6-12(14)10-15/h3,5,7,9,12,14H,2,4,6,8H2,1H3. The van der Waals surface area contributed by atoms with Gasteiger partial charge in [-0.25, -0.2) is 0 Å². The molecule has 2 rings (SSSR count). The predicted octanol–water partition coefficient (Wildman–Crippen LogP) is 3.32. The Labute approximate surface area is 96.9 Å². The van der Waals surface area contributed by atoms with E-state index in [2.05, 4.69) is 25.1 Å². The maximum absolute atomic E-state index is 8.99. The van der Waals surface area contributed by atoms with Crippen LogP contribution in [0.3, 0.4) is 0 Å². The summed E-state index contributed by atoms with van der Waals surface area (Å²) in [6, 6.07) is 10.5. The second-order valence-electron chi connectivity index (χ2n) is 4.32. The summed E-state index contributed by atoms with van der Waals surface area (Å²) in [6.07, 6.45) is 4.21. The number of rotatable bonds is 3. The first kappa shape index (κ1) is 11.0. The molecule has 0 spiro atoms. The molecule has 1 fully saturated rings. The zero-order chi connectivity index (χ0) is 11.4. The van der Waals surface area contributed by atoms with Gasteiger partial charge in [0.15, 0.2) is 0 Å². The fourth-order valence-corrected chi connectivity index (χ4v) is 2.23. The van der Waals surface area contributed by atoms with Gasteiger partial charge in [0.1, 0.15) is 11.9 Å². The number of aryl methyl sites for hydroxylation is 1. The third kappa shape index (κ3) is 2.36. The zero-order valence-corrected chi connectivity index (χ0v) is 9.65. The quantitative estimate of drug-likeness (QED) is 0.774. The van der Waals surface area contributed by atoms with Gasteiger partial charge in [-0.15, -0.1) is 0 Å². The van der Waals surface area contributed by atoms with Gasteiger partial charge in [0.2, 0.25) is 0 Å². The molecule has 0 aliphatic heterocycles. The Bertz CT molecular complexity index is 394. The van der Waals surface area contributed by atoms with Crippen LogP contribution in [-0.2, 0) is 6.42 Å². The second-order valence-corrected chi connectivity index (χ2v) is 4.32. The van der Waals surface area contributed by atoms with E-state index in [4.69, 9.17) is 10.00 Å². The fourth-order valence-electron chi connectivity index (χ4n) is 2.23. The van der Waals surface area contributed by atoms with Gasteiger partial charge in [0, 0.05) is 0 Å². The lowest BCUT2D eigenvalue weighted by atomic mass is 10.1. The van der Waals surface area contributed by atoms with Crippen LogP contribution in [0.15, 0.2) is 24.3 Å². The SMILES string of the molecule is CCc1cccc(OC2CCCC2C#N)c1. The van der Waals surface area contributed by atoms with E-state index >= 15 is 0 Å². The lowest BCUT2D eigenvalue weighted by Gasteiger charge is -2.16. The molecule has 0 bridgehead atoms. The van der Waals surface area contributed by atoms with Crippen LogP contribution in [0.1, 0.15) is 31.7 Å². The van der Waals surface area contributed by atoms with Crippen molar-refractivity contribution in [3.05, 3.63) is 29.8 Å². The molecule has 1 aromatic rings. The van der Waals surface area contributed by atoms with E-state index in [1.165, 1.54) is 5.56 Å². The summed E-state index contributed by atoms with van der Waals surface area (Å²) < 4.78 is 5.90. The molecule has 1 aliphatic rings. The normalized spacial score (nSPS) is 24.0. The van der Waals surface area contributed by atoms with Crippen LogP contribution in [-0.4, -0.2) is 6.10 Å². The van der Waals surface area contributed by atoms with E-state index in [9.17, 15) is 0 Å². The molecule has 1 saturated carbocycles. The molecule has 84 valence electrons. The van der Waals surface area contributed by atoms with Crippen molar-refractivity contribution in [1.29, 1.82) is 5.26 Å². The molecule has 2 atom stereocenters. The molecule has 2 heteroatoms. The lowest BCUT2D eigenvalue weighted by molar-refractivity contribution is 0.182. The topological polar surface area (TPSA) is 33.0 Å². The molecule has 1 aliphatic carbocycles. The second kappa shape index (κ2) is 5.03. The summed E-state index contributed by atoms with van der Waals surface area (Å²) in [6.45, 7) is 2.13. The predicted molar refractivity (Wildman–Crippen MR) is 63.2 cm³/mol. The van der Waals surface area contributed by atoms with Gasteiger partial charge >= 0.3 is 0 Å². The van der Waals surface area contributed by atoms with Crippen LogP contribution in [0.2, 0.25) is 0 Å². The largest absolute Gasteiger partial charge is 0.489 e. The average Bonchev–Trinajstić information content (AvgIpc) is 2.76. The van der Waals surface area contributed by atoms with Crippen molar-refractivity contribution in [3.63, 3.8) is 0 Å². The van der Waals surface area contributed by atoms with Crippen molar-refractivity contribution in [2.24, 2.45) is 5.92 Å². The molecule has 0 N–H and O–H groups in total. The minimum absolute atomic E-state index is 0.0743. The van der Waals surface area contributed by atoms with Gasteiger partial charge in [0.25, 0.3) is 0 Å². The highest BCUT2D eigenvalue weighted by atomic mass is 16.5. The Morgan fingerprint density at radius 3 is 3.06 bits per heavy atom. The Kier molecular flexibility index (Phi) is 3.46. The number of nitrogens with zero attached hydrogens (tertiary/aromatic N) is 1. The number of ether oxygens (including phenoxy) is 1. The Morgan fingerprint density at radius 2 is 2.31 bits per heavy atom. The van der Waals surface area contributed by atoms with Gasteiger partial charge in [-0.3, -0.25) is 0 Å². The summed E-state index contributed by atoms with van der Waals surface area (Å²) >= 11 is 0. The molecule has 2 nitrogen and oxygen atoms in total. The number of hydrogen-bond donors (Lipinski definition) is 0. The first-order valence-corrected chi connectivity index (χ1v) is 5.98. The van der Waals surface area contributed by atoms with E-state index in [-0.39, 0.29) is 12.0 Å². The van der Waals surface area contributed by atoms with E-state index in [0.717, 1.165) is 31.4 Å². The van der Waals surface area contributed by atoms with Crippen molar-refractivity contribution >= 4 is 0 Å². The average molecular weight is 215 g/mol. The van der Waals surface area contributed by atoms with E-state index in [0.29, 0.717) is 0 Å². The van der Waals surface area contributed by atoms with Crippen LogP contribution in [0.4, 0.5) is 0 Å².